The Morgan fingerprint density at radius 2 is 2.00 bits per heavy atom. The molecule has 2 aliphatic rings. The lowest BCUT2D eigenvalue weighted by molar-refractivity contribution is 0.0532. The topological polar surface area (TPSA) is 32.3 Å². The van der Waals surface area contributed by atoms with E-state index in [1.54, 1.807) is 12.1 Å². The molecule has 1 atom stereocenters. The number of rotatable bonds is 2. The summed E-state index contributed by atoms with van der Waals surface area (Å²) in [5.74, 6) is -2.93. The van der Waals surface area contributed by atoms with Crippen molar-refractivity contribution in [3.63, 3.8) is 0 Å². The van der Waals surface area contributed by atoms with Crippen LogP contribution in [0, 0.1) is 0 Å². The third kappa shape index (κ3) is 2.41. The van der Waals surface area contributed by atoms with E-state index in [0.29, 0.717) is 10.7 Å². The van der Waals surface area contributed by atoms with Crippen molar-refractivity contribution in [1.29, 1.82) is 0 Å². The van der Waals surface area contributed by atoms with Gasteiger partial charge in [0, 0.05) is 21.2 Å². The maximum Gasteiger partial charge on any atom is 0.272 e. The minimum atomic E-state index is -2.83. The van der Waals surface area contributed by atoms with E-state index >= 15 is 0 Å². The summed E-state index contributed by atoms with van der Waals surface area (Å²) in [7, 11) is -0.602. The second kappa shape index (κ2) is 4.98. The number of halogens is 3. The van der Waals surface area contributed by atoms with E-state index in [4.69, 9.17) is 11.6 Å². The van der Waals surface area contributed by atoms with Crippen LogP contribution in [0.3, 0.4) is 0 Å². The van der Waals surface area contributed by atoms with Crippen molar-refractivity contribution in [3.8, 4) is 0 Å². The molecule has 6 heteroatoms. The molecule has 0 saturated heterocycles. The van der Waals surface area contributed by atoms with Crippen molar-refractivity contribution in [3.05, 3.63) is 57.6 Å². The van der Waals surface area contributed by atoms with Gasteiger partial charge in [-0.3, -0.25) is 0 Å². The Balaban J connectivity index is 1.99. The molecular weight excluding hydrogens is 304 g/mol. The molecule has 1 aromatic carbocycles. The lowest BCUT2D eigenvalue weighted by atomic mass is 10.1. The smallest absolute Gasteiger partial charge is 0.272 e. The second-order valence-corrected chi connectivity index (χ2v) is 6.92. The van der Waals surface area contributed by atoms with Gasteiger partial charge in [0.25, 0.3) is 5.92 Å². The van der Waals surface area contributed by atoms with Gasteiger partial charge in [-0.1, -0.05) is 23.7 Å². The van der Waals surface area contributed by atoms with Crippen LogP contribution in [-0.4, -0.2) is 22.0 Å². The van der Waals surface area contributed by atoms with Crippen LogP contribution in [-0.2, 0) is 0 Å². The van der Waals surface area contributed by atoms with Crippen LogP contribution in [0.1, 0.15) is 12.0 Å². The first kappa shape index (κ1) is 13.8. The first-order chi connectivity index (χ1) is 9.50. The summed E-state index contributed by atoms with van der Waals surface area (Å²) >= 11 is 5.85. The molecule has 0 saturated carbocycles. The fraction of sp³-hybridized carbons (Fsp3) is 0.214. The van der Waals surface area contributed by atoms with Gasteiger partial charge in [0.15, 0.2) is 0 Å². The summed E-state index contributed by atoms with van der Waals surface area (Å²) in [6, 6.07) is 7.12. The molecule has 0 aromatic heterocycles. The third-order valence-corrected chi connectivity index (χ3v) is 5.45. The molecule has 1 aliphatic heterocycles. The van der Waals surface area contributed by atoms with Crippen molar-refractivity contribution in [1.82, 2.24) is 5.32 Å². The van der Waals surface area contributed by atoms with E-state index in [2.05, 4.69) is 5.32 Å². The van der Waals surface area contributed by atoms with Crippen LogP contribution in [0.2, 0.25) is 5.02 Å². The summed E-state index contributed by atoms with van der Waals surface area (Å²) in [5, 5.41) is 13.3. The lowest BCUT2D eigenvalue weighted by Gasteiger charge is -2.18. The monoisotopic (exact) mass is 315 g/mol. The largest absolute Gasteiger partial charge is 0.386 e. The molecule has 3 rings (SSSR count). The summed E-state index contributed by atoms with van der Waals surface area (Å²) in [6.07, 6.45) is 1.99. The van der Waals surface area contributed by atoms with Gasteiger partial charge in [0.2, 0.25) is 0 Å². The van der Waals surface area contributed by atoms with Crippen molar-refractivity contribution in [2.75, 3.05) is 5.94 Å². The van der Waals surface area contributed by atoms with Gasteiger partial charge in [0.1, 0.15) is 0 Å². The molecule has 106 valence electrons. The molecule has 0 radical (unpaired) electrons. The van der Waals surface area contributed by atoms with Crippen LogP contribution in [0.4, 0.5) is 8.78 Å². The number of aliphatic hydroxyl groups is 1. The van der Waals surface area contributed by atoms with Crippen LogP contribution in [0.5, 0.6) is 0 Å². The Bertz CT molecular complexity index is 650. The van der Waals surface area contributed by atoms with Crippen molar-refractivity contribution < 1.29 is 13.9 Å². The number of benzene rings is 1. The molecule has 0 amide bonds. The number of hydrogen-bond acceptors (Lipinski definition) is 2. The summed E-state index contributed by atoms with van der Waals surface area (Å²) < 4.78 is 26.8. The number of nitrogens with one attached hydrogen (secondary N) is 1. The van der Waals surface area contributed by atoms with Gasteiger partial charge in [-0.2, -0.15) is 0 Å². The van der Waals surface area contributed by atoms with Crippen LogP contribution >= 0.6 is 22.1 Å². The fourth-order valence-corrected chi connectivity index (χ4v) is 4.21. The van der Waals surface area contributed by atoms with E-state index in [9.17, 15) is 13.9 Å². The normalized spacial score (nSPS) is 23.8. The van der Waals surface area contributed by atoms with Gasteiger partial charge < -0.3 is 10.4 Å². The molecule has 2 N–H and O–H groups in total. The highest BCUT2D eigenvalue weighted by Crippen LogP contribution is 2.43. The zero-order valence-corrected chi connectivity index (χ0v) is 11.9. The molecule has 1 unspecified atom stereocenters. The van der Waals surface area contributed by atoms with Gasteiger partial charge in [-0.15, -0.1) is 10.5 Å². The Hall–Kier alpha value is -1.17. The van der Waals surface area contributed by atoms with E-state index in [0.717, 1.165) is 21.5 Å². The summed E-state index contributed by atoms with van der Waals surface area (Å²) in [6.45, 7) is 0. The van der Waals surface area contributed by atoms with Crippen LogP contribution in [0.25, 0.3) is 0 Å². The molecule has 20 heavy (non-hydrogen) atoms. The summed E-state index contributed by atoms with van der Waals surface area (Å²) in [4.78, 5) is 1.54. The molecule has 2 nitrogen and oxygen atoms in total. The number of hydrogen-bond donors (Lipinski definition) is 2. The first-order valence-corrected chi connectivity index (χ1v) is 7.79. The zero-order valence-electron chi connectivity index (χ0n) is 10.4. The first-order valence-electron chi connectivity index (χ1n) is 6.02. The van der Waals surface area contributed by atoms with Crippen molar-refractivity contribution in [2.45, 2.75) is 12.3 Å². The number of aliphatic hydroxyl groups excluding tert-OH is 1. The van der Waals surface area contributed by atoms with Crippen LogP contribution in [0.15, 0.2) is 47.0 Å². The predicted octanol–water partition coefficient (Wildman–Crippen LogP) is 3.45. The predicted molar refractivity (Wildman–Crippen MR) is 79.1 cm³/mol. The maximum absolute atomic E-state index is 13.4. The molecule has 1 aromatic rings. The van der Waals surface area contributed by atoms with Gasteiger partial charge >= 0.3 is 0 Å². The molecule has 0 bridgehead atoms. The highest BCUT2D eigenvalue weighted by atomic mass is 35.5. The Labute approximate surface area is 122 Å². The van der Waals surface area contributed by atoms with Gasteiger partial charge in [-0.05, 0) is 24.3 Å². The molecular formula is C14H12ClF2NOS. The maximum atomic E-state index is 13.4. The highest BCUT2D eigenvalue weighted by molar-refractivity contribution is 8.19. The van der Waals surface area contributed by atoms with E-state index < -0.39 is 16.4 Å². The lowest BCUT2D eigenvalue weighted by Crippen LogP contribution is -2.25. The minimum absolute atomic E-state index is 0.0975. The quantitative estimate of drug-likeness (QED) is 0.819. The highest BCUT2D eigenvalue weighted by Gasteiger charge is 2.35. The molecule has 1 aliphatic carbocycles. The van der Waals surface area contributed by atoms with Crippen molar-refractivity contribution >= 4 is 27.1 Å². The van der Waals surface area contributed by atoms with E-state index in [1.807, 2.05) is 12.1 Å². The van der Waals surface area contributed by atoms with Crippen LogP contribution < -0.4 is 5.32 Å². The average molecular weight is 316 g/mol. The Morgan fingerprint density at radius 1 is 1.30 bits per heavy atom. The number of alkyl halides is 2. The van der Waals surface area contributed by atoms with E-state index in [-0.39, 0.29) is 12.4 Å². The minimum Gasteiger partial charge on any atom is -0.386 e. The fourth-order valence-electron chi connectivity index (χ4n) is 2.27. The summed E-state index contributed by atoms with van der Waals surface area (Å²) in [5.41, 5.74) is 1.36. The Morgan fingerprint density at radius 3 is 2.65 bits per heavy atom. The second-order valence-electron chi connectivity index (χ2n) is 4.59. The SMILES string of the molecule is OCS1=C(c2ccc(Cl)cc2)NC2=C1C=CC(F)(F)C2. The zero-order chi connectivity index (χ0) is 14.3. The Kier molecular flexibility index (Phi) is 3.44. The van der Waals surface area contributed by atoms with Crippen molar-refractivity contribution in [2.24, 2.45) is 0 Å². The molecule has 1 heterocycles. The van der Waals surface area contributed by atoms with E-state index in [1.165, 1.54) is 6.08 Å². The average Bonchev–Trinajstić information content (AvgIpc) is 2.75. The van der Waals surface area contributed by atoms with Gasteiger partial charge in [-0.25, -0.2) is 8.78 Å². The van der Waals surface area contributed by atoms with Gasteiger partial charge in [0.05, 0.1) is 17.3 Å². The molecule has 0 spiro atoms. The standard InChI is InChI=1S/C14H12ClF2NOS/c15-10-3-1-9(2-4-10)13-18-11-7-14(16,17)6-5-12(11)20(13)8-19/h1-6,18-19H,7-8H2. The number of allylic oxidation sites excluding steroid dienone is 3. The third-order valence-electron chi connectivity index (χ3n) is 3.20. The molecule has 0 fully saturated rings.